The van der Waals surface area contributed by atoms with Gasteiger partial charge in [-0.1, -0.05) is 0 Å². The van der Waals surface area contributed by atoms with E-state index >= 15 is 0 Å². The van der Waals surface area contributed by atoms with Crippen LogP contribution in [0, 0.1) is 11.6 Å². The summed E-state index contributed by atoms with van der Waals surface area (Å²) in [6.45, 7) is 0.267. The summed E-state index contributed by atoms with van der Waals surface area (Å²) in [4.78, 5) is 24.3. The second-order valence-electron chi connectivity index (χ2n) is 4.72. The average molecular weight is 363 g/mol. The van der Waals surface area contributed by atoms with E-state index in [9.17, 15) is 18.4 Å². The highest BCUT2D eigenvalue weighted by Crippen LogP contribution is 2.25. The van der Waals surface area contributed by atoms with E-state index in [0.717, 1.165) is 17.0 Å². The van der Waals surface area contributed by atoms with E-state index in [1.54, 1.807) is 0 Å². The Morgan fingerprint density at radius 1 is 1.29 bits per heavy atom. The van der Waals surface area contributed by atoms with Gasteiger partial charge in [0.15, 0.2) is 0 Å². The summed E-state index contributed by atoms with van der Waals surface area (Å²) >= 11 is 2.84. The molecule has 1 unspecified atom stereocenters. The number of hydrogen-bond donors (Lipinski definition) is 2. The molecule has 0 radical (unpaired) electrons. The molecule has 5 nitrogen and oxygen atoms in total. The van der Waals surface area contributed by atoms with Crippen LogP contribution in [0.4, 0.5) is 19.3 Å². The zero-order valence-electron chi connectivity index (χ0n) is 10.9. The third-order valence-corrected chi connectivity index (χ3v) is 3.91. The number of amides is 2. The standard InChI is InChI=1S/C13H13BrF2N2O3/c14-7-5-9(16)10(6-8(7)15)17-13(21)18-4-2-1-3-11(18)12(19)20/h5-6,11H,1-4H2,(H,17,21)(H,19,20). The number of rotatable bonds is 2. The summed E-state index contributed by atoms with van der Waals surface area (Å²) in [5.74, 6) is -2.63. The number of aliphatic carboxylic acids is 1. The second-order valence-corrected chi connectivity index (χ2v) is 5.57. The van der Waals surface area contributed by atoms with Gasteiger partial charge in [0.05, 0.1) is 10.2 Å². The van der Waals surface area contributed by atoms with Crippen LogP contribution in [0.5, 0.6) is 0 Å². The Labute approximate surface area is 128 Å². The molecule has 1 atom stereocenters. The predicted molar refractivity (Wildman–Crippen MR) is 75.1 cm³/mol. The molecule has 2 N–H and O–H groups in total. The normalized spacial score (nSPS) is 18.4. The molecule has 21 heavy (non-hydrogen) atoms. The van der Waals surface area contributed by atoms with Crippen molar-refractivity contribution in [2.45, 2.75) is 25.3 Å². The molecule has 1 aliphatic rings. The monoisotopic (exact) mass is 362 g/mol. The average Bonchev–Trinajstić information content (AvgIpc) is 2.44. The van der Waals surface area contributed by atoms with Crippen LogP contribution in [-0.2, 0) is 4.79 Å². The number of likely N-dealkylation sites (tertiary alicyclic amines) is 1. The Hall–Kier alpha value is -1.70. The number of carboxylic acid groups (broad SMARTS) is 1. The van der Waals surface area contributed by atoms with Crippen molar-refractivity contribution in [1.29, 1.82) is 0 Å². The Kier molecular flexibility index (Phi) is 4.76. The Balaban J connectivity index is 2.17. The smallest absolute Gasteiger partial charge is 0.326 e. The number of nitrogens with one attached hydrogen (secondary N) is 1. The topological polar surface area (TPSA) is 69.6 Å². The van der Waals surface area contributed by atoms with Crippen LogP contribution in [0.2, 0.25) is 0 Å². The van der Waals surface area contributed by atoms with Crippen molar-refractivity contribution >= 4 is 33.6 Å². The molecule has 2 rings (SSSR count). The highest BCUT2D eigenvalue weighted by Gasteiger charge is 2.32. The summed E-state index contributed by atoms with van der Waals surface area (Å²) in [7, 11) is 0. The van der Waals surface area contributed by atoms with Gasteiger partial charge in [-0.25, -0.2) is 18.4 Å². The number of halogens is 3. The number of hydrogen-bond acceptors (Lipinski definition) is 2. The SMILES string of the molecule is O=C(O)C1CCCCN1C(=O)Nc1cc(F)c(Br)cc1F. The maximum atomic E-state index is 13.7. The van der Waals surface area contributed by atoms with Gasteiger partial charge in [-0.3, -0.25) is 0 Å². The van der Waals surface area contributed by atoms with E-state index in [1.807, 2.05) is 0 Å². The van der Waals surface area contributed by atoms with Gasteiger partial charge in [0.1, 0.15) is 17.7 Å². The number of carboxylic acids is 1. The largest absolute Gasteiger partial charge is 0.480 e. The van der Waals surface area contributed by atoms with E-state index in [1.165, 1.54) is 0 Å². The number of carbonyl (C=O) groups excluding carboxylic acids is 1. The molecule has 0 aromatic heterocycles. The predicted octanol–water partition coefficient (Wildman–Crippen LogP) is 3.20. The number of urea groups is 1. The fourth-order valence-electron chi connectivity index (χ4n) is 2.24. The van der Waals surface area contributed by atoms with Crippen molar-refractivity contribution in [1.82, 2.24) is 4.90 Å². The summed E-state index contributed by atoms with van der Waals surface area (Å²) < 4.78 is 27.0. The Bertz CT molecular complexity index is 583. The van der Waals surface area contributed by atoms with Crippen molar-refractivity contribution < 1.29 is 23.5 Å². The molecule has 1 aromatic carbocycles. The van der Waals surface area contributed by atoms with Crippen molar-refractivity contribution in [3.63, 3.8) is 0 Å². The molecule has 2 amide bonds. The fourth-order valence-corrected chi connectivity index (χ4v) is 2.55. The van der Waals surface area contributed by atoms with Gasteiger partial charge >= 0.3 is 12.0 Å². The van der Waals surface area contributed by atoms with Crippen molar-refractivity contribution in [2.75, 3.05) is 11.9 Å². The number of benzene rings is 1. The highest BCUT2D eigenvalue weighted by atomic mass is 79.9. The van der Waals surface area contributed by atoms with Crippen LogP contribution in [0.3, 0.4) is 0 Å². The molecule has 0 saturated carbocycles. The van der Waals surface area contributed by atoms with Gasteiger partial charge in [-0.15, -0.1) is 0 Å². The van der Waals surface area contributed by atoms with Gasteiger partial charge < -0.3 is 15.3 Å². The van der Waals surface area contributed by atoms with Crippen LogP contribution in [0.25, 0.3) is 0 Å². The van der Waals surface area contributed by atoms with E-state index in [-0.39, 0.29) is 16.7 Å². The molecule has 8 heteroatoms. The maximum Gasteiger partial charge on any atom is 0.326 e. The van der Waals surface area contributed by atoms with Gasteiger partial charge in [0.2, 0.25) is 0 Å². The third-order valence-electron chi connectivity index (χ3n) is 3.30. The van der Waals surface area contributed by atoms with Crippen LogP contribution < -0.4 is 5.32 Å². The molecule has 1 aliphatic heterocycles. The van der Waals surface area contributed by atoms with Crippen LogP contribution in [0.1, 0.15) is 19.3 Å². The van der Waals surface area contributed by atoms with Crippen molar-refractivity contribution in [3.05, 3.63) is 28.2 Å². The lowest BCUT2D eigenvalue weighted by atomic mass is 10.0. The van der Waals surface area contributed by atoms with E-state index < -0.39 is 29.7 Å². The lowest BCUT2D eigenvalue weighted by Crippen LogP contribution is -2.49. The highest BCUT2D eigenvalue weighted by molar-refractivity contribution is 9.10. The number of piperidine rings is 1. The Morgan fingerprint density at radius 3 is 2.67 bits per heavy atom. The second kappa shape index (κ2) is 6.38. The van der Waals surface area contributed by atoms with E-state index in [2.05, 4.69) is 21.2 Å². The number of anilines is 1. The van der Waals surface area contributed by atoms with Crippen LogP contribution in [0.15, 0.2) is 16.6 Å². The summed E-state index contributed by atoms with van der Waals surface area (Å²) in [6.07, 6.45) is 1.73. The maximum absolute atomic E-state index is 13.7. The Morgan fingerprint density at radius 2 is 2.00 bits per heavy atom. The molecule has 0 bridgehead atoms. The lowest BCUT2D eigenvalue weighted by Gasteiger charge is -2.32. The minimum absolute atomic E-state index is 0.0561. The minimum Gasteiger partial charge on any atom is -0.480 e. The summed E-state index contributed by atoms with van der Waals surface area (Å²) in [5.41, 5.74) is -0.324. The molecule has 1 heterocycles. The summed E-state index contributed by atoms with van der Waals surface area (Å²) in [5, 5.41) is 11.3. The first kappa shape index (κ1) is 15.7. The van der Waals surface area contributed by atoms with Crippen LogP contribution in [-0.4, -0.2) is 34.6 Å². The quantitative estimate of drug-likeness (QED) is 0.793. The molecular formula is C13H13BrF2N2O3. The minimum atomic E-state index is -1.10. The van der Waals surface area contributed by atoms with Gasteiger partial charge in [0, 0.05) is 12.6 Å². The van der Waals surface area contributed by atoms with E-state index in [0.29, 0.717) is 19.3 Å². The first-order valence-electron chi connectivity index (χ1n) is 6.35. The molecule has 114 valence electrons. The lowest BCUT2D eigenvalue weighted by molar-refractivity contribution is -0.143. The molecule has 0 spiro atoms. The number of carbonyl (C=O) groups is 2. The molecule has 1 saturated heterocycles. The fraction of sp³-hybridized carbons (Fsp3) is 0.385. The van der Waals surface area contributed by atoms with Crippen LogP contribution >= 0.6 is 15.9 Å². The first-order valence-corrected chi connectivity index (χ1v) is 7.14. The third kappa shape index (κ3) is 3.49. The van der Waals surface area contributed by atoms with Gasteiger partial charge in [-0.05, 0) is 41.3 Å². The van der Waals surface area contributed by atoms with Gasteiger partial charge in [-0.2, -0.15) is 0 Å². The zero-order valence-corrected chi connectivity index (χ0v) is 12.5. The first-order chi connectivity index (χ1) is 9.90. The van der Waals surface area contributed by atoms with Gasteiger partial charge in [0.25, 0.3) is 0 Å². The molecular weight excluding hydrogens is 350 g/mol. The molecule has 0 aliphatic carbocycles. The molecule has 1 aromatic rings. The van der Waals surface area contributed by atoms with Crippen molar-refractivity contribution in [2.24, 2.45) is 0 Å². The molecule has 1 fully saturated rings. The summed E-state index contributed by atoms with van der Waals surface area (Å²) in [6, 6.07) is 0.0529. The zero-order chi connectivity index (χ0) is 15.6. The van der Waals surface area contributed by atoms with E-state index in [4.69, 9.17) is 5.11 Å². The van der Waals surface area contributed by atoms with Crippen molar-refractivity contribution in [3.8, 4) is 0 Å². The number of nitrogens with zero attached hydrogens (tertiary/aromatic N) is 1.